The number of aromatic nitrogens is 2. The van der Waals surface area contributed by atoms with E-state index in [1.54, 1.807) is 24.1 Å². The number of hydrogen-bond acceptors (Lipinski definition) is 4. The molecule has 6 nitrogen and oxygen atoms in total. The molecular formula is C19H21F3N4O2. The van der Waals surface area contributed by atoms with E-state index in [1.807, 2.05) is 4.90 Å². The van der Waals surface area contributed by atoms with E-state index in [2.05, 4.69) is 10.4 Å². The molecule has 0 aliphatic carbocycles. The monoisotopic (exact) mass is 394 g/mol. The van der Waals surface area contributed by atoms with Gasteiger partial charge in [-0.05, 0) is 31.5 Å². The summed E-state index contributed by atoms with van der Waals surface area (Å²) < 4.78 is 39.6. The van der Waals surface area contributed by atoms with Gasteiger partial charge in [-0.1, -0.05) is 12.1 Å². The lowest BCUT2D eigenvalue weighted by Crippen LogP contribution is -2.42. The normalized spacial score (nSPS) is 18.1. The average molecular weight is 394 g/mol. The molecule has 0 saturated carbocycles. The molecule has 0 bridgehead atoms. The maximum atomic E-state index is 12.7. The number of carbonyl (C=O) groups excluding carboxylic acids is 2. The van der Waals surface area contributed by atoms with Crippen molar-refractivity contribution in [3.8, 4) is 0 Å². The quantitative estimate of drug-likeness (QED) is 0.792. The first-order valence-corrected chi connectivity index (χ1v) is 8.94. The van der Waals surface area contributed by atoms with Crippen LogP contribution in [0.5, 0.6) is 0 Å². The van der Waals surface area contributed by atoms with Gasteiger partial charge in [-0.25, -0.2) is 0 Å². The summed E-state index contributed by atoms with van der Waals surface area (Å²) in [6.45, 7) is 1.24. The number of aryl methyl sites for hydroxylation is 1. The lowest BCUT2D eigenvalue weighted by atomic mass is 9.89. The number of hydrogen-bond donors (Lipinski definition) is 1. The Kier molecular flexibility index (Phi) is 5.83. The number of halogens is 3. The molecule has 2 aromatic rings. The molecule has 0 unspecified atom stereocenters. The van der Waals surface area contributed by atoms with Crippen molar-refractivity contribution in [2.75, 3.05) is 25.0 Å². The van der Waals surface area contributed by atoms with Crippen LogP contribution in [-0.2, 0) is 18.0 Å². The third-order valence-corrected chi connectivity index (χ3v) is 4.73. The molecule has 9 heteroatoms. The van der Waals surface area contributed by atoms with Gasteiger partial charge < -0.3 is 5.32 Å². The molecule has 0 radical (unpaired) electrons. The molecule has 1 aliphatic rings. The molecule has 1 fully saturated rings. The lowest BCUT2D eigenvalue weighted by Gasteiger charge is -2.31. The fourth-order valence-electron chi connectivity index (χ4n) is 3.36. The van der Waals surface area contributed by atoms with E-state index in [-0.39, 0.29) is 29.7 Å². The fourth-order valence-corrected chi connectivity index (χ4v) is 3.36. The highest BCUT2D eigenvalue weighted by atomic mass is 19.4. The van der Waals surface area contributed by atoms with E-state index in [9.17, 15) is 22.8 Å². The number of piperidine rings is 1. The number of benzene rings is 1. The van der Waals surface area contributed by atoms with Crippen LogP contribution in [0.1, 0.15) is 28.8 Å². The van der Waals surface area contributed by atoms with Crippen molar-refractivity contribution in [1.29, 1.82) is 0 Å². The van der Waals surface area contributed by atoms with E-state index >= 15 is 0 Å². The molecule has 150 valence electrons. The minimum Gasteiger partial charge on any atom is -0.322 e. The van der Waals surface area contributed by atoms with Crippen molar-refractivity contribution in [3.05, 3.63) is 47.8 Å². The summed E-state index contributed by atoms with van der Waals surface area (Å²) >= 11 is 0. The van der Waals surface area contributed by atoms with Crippen LogP contribution in [0.2, 0.25) is 0 Å². The second kappa shape index (κ2) is 8.14. The number of nitrogens with one attached hydrogen (secondary N) is 1. The molecule has 1 aromatic carbocycles. The third-order valence-electron chi connectivity index (χ3n) is 4.73. The van der Waals surface area contributed by atoms with E-state index < -0.39 is 11.7 Å². The van der Waals surface area contributed by atoms with Gasteiger partial charge in [0.1, 0.15) is 0 Å². The first-order chi connectivity index (χ1) is 13.2. The maximum Gasteiger partial charge on any atom is 0.416 e. The summed E-state index contributed by atoms with van der Waals surface area (Å²) in [4.78, 5) is 26.7. The maximum absolute atomic E-state index is 12.7. The van der Waals surface area contributed by atoms with Crippen molar-refractivity contribution in [2.45, 2.75) is 19.0 Å². The Bertz CT molecular complexity index is 846. The smallest absolute Gasteiger partial charge is 0.322 e. The van der Waals surface area contributed by atoms with Gasteiger partial charge in [-0.3, -0.25) is 19.2 Å². The number of rotatable bonds is 5. The summed E-state index contributed by atoms with van der Waals surface area (Å²) in [6, 6.07) is 4.29. The van der Waals surface area contributed by atoms with Crippen molar-refractivity contribution < 1.29 is 22.8 Å². The van der Waals surface area contributed by atoms with Gasteiger partial charge in [-0.2, -0.15) is 18.3 Å². The summed E-state index contributed by atoms with van der Waals surface area (Å²) in [5, 5.41) is 6.73. The van der Waals surface area contributed by atoms with Gasteiger partial charge in [0.15, 0.2) is 5.78 Å². The Labute approximate surface area is 160 Å². The third kappa shape index (κ3) is 4.98. The molecule has 1 amide bonds. The van der Waals surface area contributed by atoms with Crippen LogP contribution in [0.25, 0.3) is 0 Å². The number of likely N-dealkylation sites (tertiary alicyclic amines) is 1. The van der Waals surface area contributed by atoms with Crippen LogP contribution in [-0.4, -0.2) is 46.0 Å². The minimum atomic E-state index is -4.43. The van der Waals surface area contributed by atoms with Crippen LogP contribution in [0, 0.1) is 5.92 Å². The van der Waals surface area contributed by atoms with Crippen LogP contribution in [0.3, 0.4) is 0 Å². The number of nitrogens with zero attached hydrogens (tertiary/aromatic N) is 3. The summed E-state index contributed by atoms with van der Waals surface area (Å²) in [7, 11) is 1.75. The highest BCUT2D eigenvalue weighted by molar-refractivity contribution is 5.98. The molecule has 1 aliphatic heterocycles. The van der Waals surface area contributed by atoms with Crippen LogP contribution < -0.4 is 5.32 Å². The van der Waals surface area contributed by atoms with E-state index in [1.165, 1.54) is 12.1 Å². The van der Waals surface area contributed by atoms with E-state index in [0.717, 1.165) is 18.6 Å². The molecular weight excluding hydrogens is 373 g/mol. The number of anilines is 1. The zero-order valence-corrected chi connectivity index (χ0v) is 15.4. The second-order valence-electron chi connectivity index (χ2n) is 6.96. The van der Waals surface area contributed by atoms with Gasteiger partial charge >= 0.3 is 6.18 Å². The molecule has 1 saturated heterocycles. The van der Waals surface area contributed by atoms with Crippen molar-refractivity contribution in [2.24, 2.45) is 13.0 Å². The number of carbonyl (C=O) groups is 2. The van der Waals surface area contributed by atoms with Gasteiger partial charge in [0, 0.05) is 31.3 Å². The zero-order chi connectivity index (χ0) is 20.3. The van der Waals surface area contributed by atoms with Crippen molar-refractivity contribution >= 4 is 17.4 Å². The van der Waals surface area contributed by atoms with E-state index in [0.29, 0.717) is 25.2 Å². The predicted molar refractivity (Wildman–Crippen MR) is 96.8 cm³/mol. The van der Waals surface area contributed by atoms with Crippen molar-refractivity contribution in [3.63, 3.8) is 0 Å². The van der Waals surface area contributed by atoms with Gasteiger partial charge in [0.2, 0.25) is 5.91 Å². The zero-order valence-electron chi connectivity index (χ0n) is 15.4. The molecule has 1 aromatic heterocycles. The average Bonchev–Trinajstić information content (AvgIpc) is 3.05. The Hall–Kier alpha value is -2.68. The highest BCUT2D eigenvalue weighted by Crippen LogP contribution is 2.30. The van der Waals surface area contributed by atoms with Gasteiger partial charge in [0.05, 0.1) is 24.0 Å². The summed E-state index contributed by atoms with van der Waals surface area (Å²) in [5.41, 5.74) is 0.0861. The molecule has 1 N–H and O–H groups in total. The molecule has 2 heterocycles. The lowest BCUT2D eigenvalue weighted by molar-refractivity contribution is -0.137. The standard InChI is InChI=1S/C19H21F3N4O2/c1-25-11-16(9-23-25)24-17(27)12-26-8-2-3-14(10-26)18(28)13-4-6-15(7-5-13)19(20,21)22/h4-7,9,11,14H,2-3,8,10,12H2,1H3,(H,24,27)/t14-/m1/s1. The Morgan fingerprint density at radius 1 is 1.25 bits per heavy atom. The molecule has 1 atom stereocenters. The second-order valence-corrected chi connectivity index (χ2v) is 6.96. The first kappa shape index (κ1) is 20.1. The predicted octanol–water partition coefficient (Wildman–Crippen LogP) is 2.97. The molecule has 28 heavy (non-hydrogen) atoms. The number of amides is 1. The number of Topliss-reactive ketones (excluding diaryl/α,β-unsaturated/α-hetero) is 1. The van der Waals surface area contributed by atoms with Crippen LogP contribution >= 0.6 is 0 Å². The topological polar surface area (TPSA) is 67.2 Å². The Balaban J connectivity index is 1.58. The fraction of sp³-hybridized carbons (Fsp3) is 0.421. The summed E-state index contributed by atoms with van der Waals surface area (Å²) in [5.74, 6) is -0.724. The number of alkyl halides is 3. The Morgan fingerprint density at radius 2 is 1.96 bits per heavy atom. The molecule has 3 rings (SSSR count). The SMILES string of the molecule is Cn1cc(NC(=O)CN2CCC[C@@H](C(=O)c3ccc(C(F)(F)F)cc3)C2)cn1. The first-order valence-electron chi connectivity index (χ1n) is 8.94. The molecule has 0 spiro atoms. The van der Waals surface area contributed by atoms with Crippen molar-refractivity contribution in [1.82, 2.24) is 14.7 Å². The van der Waals surface area contributed by atoms with Crippen LogP contribution in [0.4, 0.5) is 18.9 Å². The summed E-state index contributed by atoms with van der Waals surface area (Å²) in [6.07, 6.45) is 0.207. The largest absolute Gasteiger partial charge is 0.416 e. The minimum absolute atomic E-state index is 0.145. The van der Waals surface area contributed by atoms with Gasteiger partial charge in [-0.15, -0.1) is 0 Å². The number of ketones is 1. The Morgan fingerprint density at radius 3 is 2.57 bits per heavy atom. The van der Waals surface area contributed by atoms with Crippen LogP contribution in [0.15, 0.2) is 36.7 Å². The van der Waals surface area contributed by atoms with Gasteiger partial charge in [0.25, 0.3) is 0 Å². The highest BCUT2D eigenvalue weighted by Gasteiger charge is 2.31. The van der Waals surface area contributed by atoms with E-state index in [4.69, 9.17) is 0 Å².